The van der Waals surface area contributed by atoms with Crippen molar-refractivity contribution in [2.75, 3.05) is 6.54 Å². The Kier molecular flexibility index (Phi) is 2.99. The van der Waals surface area contributed by atoms with Crippen LogP contribution in [-0.2, 0) is 6.54 Å². The number of benzene rings is 1. The minimum atomic E-state index is 0.350. The molecule has 80 valence electrons. The van der Waals surface area contributed by atoms with Crippen LogP contribution in [0.25, 0.3) is 11.0 Å². The first kappa shape index (κ1) is 10.1. The van der Waals surface area contributed by atoms with Crippen LogP contribution in [0.5, 0.6) is 0 Å². The number of nitrogens with zero attached hydrogens (tertiary/aromatic N) is 1. The summed E-state index contributed by atoms with van der Waals surface area (Å²) in [6.45, 7) is 3.58. The maximum absolute atomic E-state index is 5.53. The molecule has 2 aromatic rings. The molecule has 0 radical (unpaired) electrons. The van der Waals surface area contributed by atoms with Crippen molar-refractivity contribution in [3.05, 3.63) is 30.1 Å². The fourth-order valence-corrected chi connectivity index (χ4v) is 1.47. The molecule has 4 heteroatoms. The molecule has 1 unspecified atom stereocenters. The van der Waals surface area contributed by atoms with Crippen LogP contribution >= 0.6 is 0 Å². The predicted molar refractivity (Wildman–Crippen MR) is 61.4 cm³/mol. The molecule has 1 aromatic carbocycles. The summed E-state index contributed by atoms with van der Waals surface area (Å²) >= 11 is 0. The van der Waals surface area contributed by atoms with Crippen molar-refractivity contribution >= 4 is 11.0 Å². The van der Waals surface area contributed by atoms with Gasteiger partial charge in [-0.15, -0.1) is 0 Å². The standard InChI is InChI=1S/C11H16N4/c1-8(5-12)13-6-9-2-3-10-11(4-9)15-7-14-10/h2-4,7-8,13H,5-6,12H2,1H3,(H,14,15). The van der Waals surface area contributed by atoms with E-state index in [1.165, 1.54) is 5.56 Å². The first-order valence-corrected chi connectivity index (χ1v) is 5.15. The Balaban J connectivity index is 2.08. The van der Waals surface area contributed by atoms with Crippen molar-refractivity contribution in [2.45, 2.75) is 19.5 Å². The van der Waals surface area contributed by atoms with E-state index in [1.807, 2.05) is 6.07 Å². The second-order valence-corrected chi connectivity index (χ2v) is 3.77. The van der Waals surface area contributed by atoms with E-state index in [4.69, 9.17) is 5.73 Å². The SMILES string of the molecule is CC(CN)NCc1ccc2nc[nH]c2c1. The molecule has 0 bridgehead atoms. The van der Waals surface area contributed by atoms with Crippen LogP contribution in [-0.4, -0.2) is 22.6 Å². The first-order valence-electron chi connectivity index (χ1n) is 5.15. The fourth-order valence-electron chi connectivity index (χ4n) is 1.47. The topological polar surface area (TPSA) is 66.7 Å². The van der Waals surface area contributed by atoms with Gasteiger partial charge in [0, 0.05) is 19.1 Å². The molecule has 0 saturated heterocycles. The Bertz CT molecular complexity index is 435. The Morgan fingerprint density at radius 2 is 2.40 bits per heavy atom. The van der Waals surface area contributed by atoms with E-state index in [0.717, 1.165) is 17.6 Å². The van der Waals surface area contributed by atoms with Gasteiger partial charge in [0.1, 0.15) is 0 Å². The van der Waals surface area contributed by atoms with Crippen LogP contribution < -0.4 is 11.1 Å². The third-order valence-corrected chi connectivity index (χ3v) is 2.49. The summed E-state index contributed by atoms with van der Waals surface area (Å²) in [6, 6.07) is 6.57. The van der Waals surface area contributed by atoms with Crippen LogP contribution in [0, 0.1) is 0 Å². The third-order valence-electron chi connectivity index (χ3n) is 2.49. The molecule has 1 aromatic heterocycles. The highest BCUT2D eigenvalue weighted by Gasteiger charge is 2.00. The van der Waals surface area contributed by atoms with Gasteiger partial charge in [0.05, 0.1) is 17.4 Å². The van der Waals surface area contributed by atoms with E-state index in [9.17, 15) is 0 Å². The highest BCUT2D eigenvalue weighted by molar-refractivity contribution is 5.74. The molecule has 0 aliphatic rings. The number of nitrogens with two attached hydrogens (primary N) is 1. The normalized spacial score (nSPS) is 13.2. The zero-order chi connectivity index (χ0) is 10.7. The minimum Gasteiger partial charge on any atom is -0.345 e. The molecule has 0 amide bonds. The molecular formula is C11H16N4. The number of hydrogen-bond acceptors (Lipinski definition) is 3. The zero-order valence-corrected chi connectivity index (χ0v) is 8.83. The lowest BCUT2D eigenvalue weighted by Gasteiger charge is -2.10. The van der Waals surface area contributed by atoms with E-state index in [2.05, 4.69) is 34.3 Å². The maximum atomic E-state index is 5.53. The predicted octanol–water partition coefficient (Wildman–Crippen LogP) is 1.000. The number of imidazole rings is 1. The highest BCUT2D eigenvalue weighted by atomic mass is 14.9. The lowest BCUT2D eigenvalue weighted by atomic mass is 10.2. The van der Waals surface area contributed by atoms with Crippen LogP contribution in [0.2, 0.25) is 0 Å². The van der Waals surface area contributed by atoms with Crippen molar-refractivity contribution < 1.29 is 0 Å². The molecule has 0 spiro atoms. The fraction of sp³-hybridized carbons (Fsp3) is 0.364. The van der Waals surface area contributed by atoms with Gasteiger partial charge in [-0.25, -0.2) is 4.98 Å². The van der Waals surface area contributed by atoms with E-state index >= 15 is 0 Å². The first-order chi connectivity index (χ1) is 7.29. The Morgan fingerprint density at radius 3 is 3.20 bits per heavy atom. The summed E-state index contributed by atoms with van der Waals surface area (Å²) in [5.74, 6) is 0. The van der Waals surface area contributed by atoms with Gasteiger partial charge in [-0.05, 0) is 24.6 Å². The van der Waals surface area contributed by atoms with Gasteiger partial charge >= 0.3 is 0 Å². The molecule has 15 heavy (non-hydrogen) atoms. The molecule has 0 aliphatic heterocycles. The summed E-state index contributed by atoms with van der Waals surface area (Å²) in [7, 11) is 0. The van der Waals surface area contributed by atoms with Gasteiger partial charge < -0.3 is 16.0 Å². The van der Waals surface area contributed by atoms with Crippen molar-refractivity contribution in [3.8, 4) is 0 Å². The average Bonchev–Trinajstić information content (AvgIpc) is 2.72. The van der Waals surface area contributed by atoms with Gasteiger partial charge in [0.2, 0.25) is 0 Å². The summed E-state index contributed by atoms with van der Waals surface area (Å²) in [5, 5.41) is 3.35. The molecule has 1 atom stereocenters. The monoisotopic (exact) mass is 204 g/mol. The van der Waals surface area contributed by atoms with E-state index in [-0.39, 0.29) is 0 Å². The molecule has 0 aliphatic carbocycles. The molecule has 0 saturated carbocycles. The molecule has 1 heterocycles. The Labute approximate surface area is 88.9 Å². The minimum absolute atomic E-state index is 0.350. The van der Waals surface area contributed by atoms with Crippen LogP contribution in [0.15, 0.2) is 24.5 Å². The van der Waals surface area contributed by atoms with Crippen molar-refractivity contribution in [3.63, 3.8) is 0 Å². The van der Waals surface area contributed by atoms with Crippen LogP contribution in [0.1, 0.15) is 12.5 Å². The van der Waals surface area contributed by atoms with E-state index in [1.54, 1.807) is 6.33 Å². The largest absolute Gasteiger partial charge is 0.345 e. The second kappa shape index (κ2) is 4.42. The lowest BCUT2D eigenvalue weighted by molar-refractivity contribution is 0.556. The van der Waals surface area contributed by atoms with Gasteiger partial charge in [0.25, 0.3) is 0 Å². The summed E-state index contributed by atoms with van der Waals surface area (Å²) in [4.78, 5) is 7.27. The Hall–Kier alpha value is -1.39. The zero-order valence-electron chi connectivity index (χ0n) is 8.83. The van der Waals surface area contributed by atoms with Gasteiger partial charge in [-0.3, -0.25) is 0 Å². The second-order valence-electron chi connectivity index (χ2n) is 3.77. The van der Waals surface area contributed by atoms with Gasteiger partial charge in [-0.1, -0.05) is 6.07 Å². The maximum Gasteiger partial charge on any atom is 0.0931 e. The average molecular weight is 204 g/mol. The molecule has 2 rings (SSSR count). The number of hydrogen-bond donors (Lipinski definition) is 3. The lowest BCUT2D eigenvalue weighted by Crippen LogP contribution is -2.32. The molecule has 4 N–H and O–H groups in total. The smallest absolute Gasteiger partial charge is 0.0931 e. The quantitative estimate of drug-likeness (QED) is 0.696. The van der Waals surface area contributed by atoms with Crippen LogP contribution in [0.3, 0.4) is 0 Å². The number of fused-ring (bicyclic) bond motifs is 1. The third kappa shape index (κ3) is 2.34. The highest BCUT2D eigenvalue weighted by Crippen LogP contribution is 2.11. The summed E-state index contributed by atoms with van der Waals surface area (Å²) in [5.41, 5.74) is 8.86. The van der Waals surface area contributed by atoms with Crippen molar-refractivity contribution in [2.24, 2.45) is 5.73 Å². The summed E-state index contributed by atoms with van der Waals surface area (Å²) < 4.78 is 0. The number of nitrogens with one attached hydrogen (secondary N) is 2. The van der Waals surface area contributed by atoms with Crippen LogP contribution in [0.4, 0.5) is 0 Å². The van der Waals surface area contributed by atoms with Crippen molar-refractivity contribution in [1.29, 1.82) is 0 Å². The molecule has 0 fully saturated rings. The summed E-state index contributed by atoms with van der Waals surface area (Å²) in [6.07, 6.45) is 1.71. The van der Waals surface area contributed by atoms with E-state index < -0.39 is 0 Å². The number of rotatable bonds is 4. The van der Waals surface area contributed by atoms with Gasteiger partial charge in [-0.2, -0.15) is 0 Å². The number of aromatic nitrogens is 2. The number of aromatic amines is 1. The molecule has 4 nitrogen and oxygen atoms in total. The Morgan fingerprint density at radius 1 is 1.53 bits per heavy atom. The molecular weight excluding hydrogens is 188 g/mol. The van der Waals surface area contributed by atoms with Gasteiger partial charge in [0.15, 0.2) is 0 Å². The van der Waals surface area contributed by atoms with Crippen molar-refractivity contribution in [1.82, 2.24) is 15.3 Å². The number of H-pyrrole nitrogens is 1. The van der Waals surface area contributed by atoms with E-state index in [0.29, 0.717) is 12.6 Å².